The Morgan fingerprint density at radius 1 is 0.778 bits per heavy atom. The number of benzene rings is 2. The van der Waals surface area contributed by atoms with E-state index in [1.807, 2.05) is 12.1 Å². The molecular formula is C26H34Cl2N2O6. The Morgan fingerprint density at radius 2 is 1.14 bits per heavy atom. The van der Waals surface area contributed by atoms with Crippen molar-refractivity contribution >= 4 is 35.1 Å². The molecule has 0 saturated carbocycles. The van der Waals surface area contributed by atoms with Crippen LogP contribution >= 0.6 is 23.2 Å². The first-order valence-corrected chi connectivity index (χ1v) is 12.6. The SMILES string of the molecule is C[C@H]1CNCCc2ccc(Cl)cc21.C[C@H]1CNCCc2ccc(Cl)cc21.O=C(O)[C@H](O)[C@@H](O)C(=O)O. The van der Waals surface area contributed by atoms with Crippen LogP contribution in [0.4, 0.5) is 0 Å². The van der Waals surface area contributed by atoms with E-state index < -0.39 is 24.1 Å². The van der Waals surface area contributed by atoms with Crippen LogP contribution in [-0.2, 0) is 22.4 Å². The zero-order valence-electron chi connectivity index (χ0n) is 20.4. The normalized spacial score (nSPS) is 20.4. The molecule has 0 fully saturated rings. The third kappa shape index (κ3) is 9.03. The van der Waals surface area contributed by atoms with E-state index in [1.54, 1.807) is 0 Å². The molecular weight excluding hydrogens is 507 g/mol. The number of rotatable bonds is 3. The second-order valence-electron chi connectivity index (χ2n) is 8.96. The lowest BCUT2D eigenvalue weighted by atomic mass is 9.96. The first-order valence-electron chi connectivity index (χ1n) is 11.8. The van der Waals surface area contributed by atoms with Crippen molar-refractivity contribution in [3.8, 4) is 0 Å². The molecule has 2 aromatic carbocycles. The summed E-state index contributed by atoms with van der Waals surface area (Å²) in [5, 5.41) is 41.1. The Kier molecular flexibility index (Phi) is 12.1. The highest BCUT2D eigenvalue weighted by atomic mass is 35.5. The van der Waals surface area contributed by atoms with Gasteiger partial charge in [0.15, 0.2) is 12.2 Å². The van der Waals surface area contributed by atoms with Crippen LogP contribution in [0.25, 0.3) is 0 Å². The van der Waals surface area contributed by atoms with Gasteiger partial charge in [-0.1, -0.05) is 49.2 Å². The maximum atomic E-state index is 9.77. The zero-order chi connectivity index (χ0) is 26.8. The molecule has 4 atom stereocenters. The fourth-order valence-corrected chi connectivity index (χ4v) is 4.44. The minimum atomic E-state index is -2.27. The van der Waals surface area contributed by atoms with Crippen LogP contribution in [-0.4, -0.2) is 70.8 Å². The van der Waals surface area contributed by atoms with Crippen LogP contribution < -0.4 is 10.6 Å². The zero-order valence-corrected chi connectivity index (χ0v) is 21.9. The lowest BCUT2D eigenvalue weighted by molar-refractivity contribution is -0.165. The molecule has 6 N–H and O–H groups in total. The van der Waals surface area contributed by atoms with Crippen LogP contribution in [0.1, 0.15) is 47.9 Å². The highest BCUT2D eigenvalue weighted by molar-refractivity contribution is 6.31. The first-order chi connectivity index (χ1) is 17.0. The summed E-state index contributed by atoms with van der Waals surface area (Å²) < 4.78 is 0. The lowest BCUT2D eigenvalue weighted by Crippen LogP contribution is -2.39. The smallest absolute Gasteiger partial charge is 0.335 e. The standard InChI is InChI=1S/2C11H14ClN.C4H6O6/c2*1-8-7-13-5-4-9-2-3-10(12)6-11(8)9;5-1(3(7)8)2(6)4(9)10/h2*2-3,6,8,13H,4-5,7H2,1H3;1-2,5-6H,(H,7,8)(H,9,10)/t2*8-;1-,2-/m001/s1. The van der Waals surface area contributed by atoms with Crippen molar-refractivity contribution in [1.29, 1.82) is 0 Å². The largest absolute Gasteiger partial charge is 0.479 e. The molecule has 0 bridgehead atoms. The minimum absolute atomic E-state index is 0.580. The Balaban J connectivity index is 0.000000193. The first kappa shape index (κ1) is 30.0. The Hall–Kier alpha value is -2.20. The predicted molar refractivity (Wildman–Crippen MR) is 140 cm³/mol. The maximum absolute atomic E-state index is 9.77. The fraction of sp³-hybridized carbons (Fsp3) is 0.462. The molecule has 2 aromatic rings. The predicted octanol–water partition coefficient (Wildman–Crippen LogP) is 3.06. The lowest BCUT2D eigenvalue weighted by Gasteiger charge is -2.11. The molecule has 0 aliphatic carbocycles. The van der Waals surface area contributed by atoms with Crippen LogP contribution in [0, 0.1) is 0 Å². The van der Waals surface area contributed by atoms with E-state index in [0.29, 0.717) is 11.8 Å². The molecule has 0 unspecified atom stereocenters. The number of carbonyl (C=O) groups is 2. The van der Waals surface area contributed by atoms with Crippen LogP contribution in [0.5, 0.6) is 0 Å². The Bertz CT molecular complexity index is 954. The molecule has 0 saturated heterocycles. The van der Waals surface area contributed by atoms with Crippen molar-refractivity contribution in [3.05, 3.63) is 68.7 Å². The number of hydrogen-bond acceptors (Lipinski definition) is 6. The van der Waals surface area contributed by atoms with Gasteiger partial charge in [0, 0.05) is 23.1 Å². The van der Waals surface area contributed by atoms with Gasteiger partial charge in [0.05, 0.1) is 0 Å². The van der Waals surface area contributed by atoms with Gasteiger partial charge in [0.1, 0.15) is 0 Å². The number of fused-ring (bicyclic) bond motifs is 2. The second-order valence-corrected chi connectivity index (χ2v) is 9.84. The quantitative estimate of drug-likeness (QED) is 0.349. The van der Waals surface area contributed by atoms with Crippen LogP contribution in [0.2, 0.25) is 10.0 Å². The van der Waals surface area contributed by atoms with Gasteiger partial charge in [-0.3, -0.25) is 0 Å². The summed E-state index contributed by atoms with van der Waals surface area (Å²) in [6.45, 7) is 8.78. The molecule has 36 heavy (non-hydrogen) atoms. The van der Waals surface area contributed by atoms with E-state index in [0.717, 1.165) is 49.1 Å². The van der Waals surface area contributed by atoms with E-state index in [-0.39, 0.29) is 0 Å². The molecule has 2 aliphatic rings. The molecule has 2 aliphatic heterocycles. The summed E-state index contributed by atoms with van der Waals surface area (Å²) in [4.78, 5) is 19.5. The van der Waals surface area contributed by atoms with Crippen molar-refractivity contribution in [1.82, 2.24) is 10.6 Å². The van der Waals surface area contributed by atoms with Crippen molar-refractivity contribution in [2.24, 2.45) is 0 Å². The maximum Gasteiger partial charge on any atom is 0.335 e. The highest BCUT2D eigenvalue weighted by Crippen LogP contribution is 2.26. The highest BCUT2D eigenvalue weighted by Gasteiger charge is 2.29. The average Bonchev–Trinajstić information content (AvgIpc) is 3.14. The molecule has 198 valence electrons. The molecule has 2 heterocycles. The van der Waals surface area contributed by atoms with E-state index in [9.17, 15) is 9.59 Å². The molecule has 0 amide bonds. The van der Waals surface area contributed by atoms with E-state index >= 15 is 0 Å². The van der Waals surface area contributed by atoms with Crippen molar-refractivity contribution < 1.29 is 30.0 Å². The molecule has 8 nitrogen and oxygen atoms in total. The number of aliphatic carboxylic acids is 2. The van der Waals surface area contributed by atoms with Gasteiger partial charge >= 0.3 is 11.9 Å². The van der Waals surface area contributed by atoms with Gasteiger partial charge in [0.25, 0.3) is 0 Å². The van der Waals surface area contributed by atoms with Gasteiger partial charge in [-0.15, -0.1) is 0 Å². The Morgan fingerprint density at radius 3 is 1.47 bits per heavy atom. The van der Waals surface area contributed by atoms with E-state index in [2.05, 4.69) is 48.7 Å². The molecule has 0 spiro atoms. The minimum Gasteiger partial charge on any atom is -0.479 e. The molecule has 0 aromatic heterocycles. The van der Waals surface area contributed by atoms with Gasteiger partial charge in [0.2, 0.25) is 0 Å². The number of hydrogen-bond donors (Lipinski definition) is 6. The monoisotopic (exact) mass is 540 g/mol. The van der Waals surface area contributed by atoms with Crippen molar-refractivity contribution in [3.63, 3.8) is 0 Å². The average molecular weight is 541 g/mol. The Labute approximate surface area is 221 Å². The summed E-state index contributed by atoms with van der Waals surface area (Å²) in [6.07, 6.45) is -2.29. The topological polar surface area (TPSA) is 139 Å². The number of carboxylic acids is 2. The van der Waals surface area contributed by atoms with Gasteiger partial charge in [-0.05, 0) is 84.3 Å². The fourth-order valence-electron chi connectivity index (χ4n) is 4.08. The molecule has 0 radical (unpaired) electrons. The number of nitrogens with one attached hydrogen (secondary N) is 2. The van der Waals surface area contributed by atoms with E-state index in [1.165, 1.54) is 22.3 Å². The van der Waals surface area contributed by atoms with Crippen LogP contribution in [0.15, 0.2) is 36.4 Å². The summed E-state index contributed by atoms with van der Waals surface area (Å²) in [5.41, 5.74) is 5.72. The number of carboxylic acid groups (broad SMARTS) is 2. The van der Waals surface area contributed by atoms with Crippen molar-refractivity contribution in [2.75, 3.05) is 26.2 Å². The number of halogens is 2. The summed E-state index contributed by atoms with van der Waals surface area (Å²) in [7, 11) is 0. The third-order valence-corrected chi connectivity index (χ3v) is 6.60. The molecule has 4 rings (SSSR count). The van der Waals surface area contributed by atoms with Crippen molar-refractivity contribution in [2.45, 2.75) is 50.7 Å². The third-order valence-electron chi connectivity index (χ3n) is 6.13. The van der Waals surface area contributed by atoms with E-state index in [4.69, 9.17) is 43.6 Å². The van der Waals surface area contributed by atoms with Gasteiger partial charge in [-0.2, -0.15) is 0 Å². The second kappa shape index (κ2) is 14.5. The summed E-state index contributed by atoms with van der Waals surface area (Å²) in [6, 6.07) is 12.5. The summed E-state index contributed by atoms with van der Waals surface area (Å²) >= 11 is 11.9. The van der Waals surface area contributed by atoms with Gasteiger partial charge in [-0.25, -0.2) is 9.59 Å². The number of aliphatic hydroxyl groups is 2. The van der Waals surface area contributed by atoms with Gasteiger partial charge < -0.3 is 31.1 Å². The number of aliphatic hydroxyl groups excluding tert-OH is 2. The molecule has 10 heteroatoms. The summed E-state index contributed by atoms with van der Waals surface area (Å²) in [5.74, 6) is -2.38. The van der Waals surface area contributed by atoms with Crippen LogP contribution in [0.3, 0.4) is 0 Å².